The molecule has 2 aliphatic heterocycles. The van der Waals surface area contributed by atoms with Crippen LogP contribution in [0.25, 0.3) is 0 Å². The molecule has 0 spiro atoms. The number of nitrogens with one attached hydrogen (secondary N) is 1. The molecule has 122 valence electrons. The number of carbonyl (C=O) groups excluding carboxylic acids is 1. The summed E-state index contributed by atoms with van der Waals surface area (Å²) >= 11 is 0. The summed E-state index contributed by atoms with van der Waals surface area (Å²) in [6, 6.07) is 11.1. The third kappa shape index (κ3) is 3.19. The van der Waals surface area contributed by atoms with Crippen LogP contribution in [0.3, 0.4) is 0 Å². The minimum absolute atomic E-state index is 0.154. The SMILES string of the molecule is O=C(N[C@H]1C[C@H]2CO[C@@H](c3ccccc3)CN2C1)C1CC=CC1. The van der Waals surface area contributed by atoms with Crippen LogP contribution >= 0.6 is 0 Å². The van der Waals surface area contributed by atoms with E-state index in [1.807, 2.05) is 6.07 Å². The Bertz CT molecular complexity index is 578. The Kier molecular flexibility index (Phi) is 4.19. The molecule has 0 unspecified atom stereocenters. The van der Waals surface area contributed by atoms with E-state index in [0.717, 1.165) is 39.0 Å². The van der Waals surface area contributed by atoms with E-state index in [0.29, 0.717) is 6.04 Å². The van der Waals surface area contributed by atoms with Gasteiger partial charge in [0, 0.05) is 31.1 Å². The van der Waals surface area contributed by atoms with Gasteiger partial charge in [0.25, 0.3) is 0 Å². The van der Waals surface area contributed by atoms with Crippen LogP contribution in [0.1, 0.15) is 30.9 Å². The molecule has 1 aromatic rings. The zero-order chi connectivity index (χ0) is 15.6. The van der Waals surface area contributed by atoms with E-state index < -0.39 is 0 Å². The predicted molar refractivity (Wildman–Crippen MR) is 88.9 cm³/mol. The van der Waals surface area contributed by atoms with E-state index in [9.17, 15) is 4.79 Å². The second-order valence-corrected chi connectivity index (χ2v) is 6.92. The lowest BCUT2D eigenvalue weighted by atomic mass is 10.1. The van der Waals surface area contributed by atoms with E-state index in [2.05, 4.69) is 46.6 Å². The van der Waals surface area contributed by atoms with Gasteiger partial charge in [0.15, 0.2) is 0 Å². The van der Waals surface area contributed by atoms with Gasteiger partial charge in [-0.2, -0.15) is 0 Å². The molecule has 23 heavy (non-hydrogen) atoms. The topological polar surface area (TPSA) is 41.6 Å². The van der Waals surface area contributed by atoms with Crippen molar-refractivity contribution in [3.05, 3.63) is 48.0 Å². The average Bonchev–Trinajstić information content (AvgIpc) is 3.24. The highest BCUT2D eigenvalue weighted by Crippen LogP contribution is 2.30. The molecule has 3 aliphatic rings. The van der Waals surface area contributed by atoms with Gasteiger partial charge < -0.3 is 10.1 Å². The van der Waals surface area contributed by atoms with Gasteiger partial charge in [-0.1, -0.05) is 42.5 Å². The van der Waals surface area contributed by atoms with Gasteiger partial charge in [0.1, 0.15) is 0 Å². The van der Waals surface area contributed by atoms with Crippen LogP contribution in [0, 0.1) is 5.92 Å². The van der Waals surface area contributed by atoms with Crippen molar-refractivity contribution in [2.75, 3.05) is 19.7 Å². The highest BCUT2D eigenvalue weighted by molar-refractivity contribution is 5.79. The molecule has 1 amide bonds. The van der Waals surface area contributed by atoms with Crippen LogP contribution in [-0.4, -0.2) is 42.6 Å². The summed E-state index contributed by atoms with van der Waals surface area (Å²) < 4.78 is 6.07. The number of morpholine rings is 1. The van der Waals surface area contributed by atoms with Crippen LogP contribution < -0.4 is 5.32 Å². The van der Waals surface area contributed by atoms with Gasteiger partial charge in [-0.3, -0.25) is 9.69 Å². The summed E-state index contributed by atoms with van der Waals surface area (Å²) in [7, 11) is 0. The Balaban J connectivity index is 1.33. The van der Waals surface area contributed by atoms with Crippen molar-refractivity contribution in [3.8, 4) is 0 Å². The van der Waals surface area contributed by atoms with E-state index in [1.54, 1.807) is 0 Å². The number of hydrogen-bond donors (Lipinski definition) is 1. The summed E-state index contributed by atoms with van der Waals surface area (Å²) in [6.07, 6.45) is 7.17. The van der Waals surface area contributed by atoms with E-state index in [1.165, 1.54) is 5.56 Å². The first-order valence-corrected chi connectivity index (χ1v) is 8.65. The zero-order valence-electron chi connectivity index (χ0n) is 13.4. The Morgan fingerprint density at radius 3 is 2.70 bits per heavy atom. The Labute approximate surface area is 137 Å². The van der Waals surface area contributed by atoms with Gasteiger partial charge in [-0.25, -0.2) is 0 Å². The van der Waals surface area contributed by atoms with Gasteiger partial charge in [-0.15, -0.1) is 0 Å². The van der Waals surface area contributed by atoms with Crippen LogP contribution in [0.5, 0.6) is 0 Å². The largest absolute Gasteiger partial charge is 0.371 e. The molecule has 4 nitrogen and oxygen atoms in total. The maximum Gasteiger partial charge on any atom is 0.223 e. The van der Waals surface area contributed by atoms with Gasteiger partial charge in [0.2, 0.25) is 5.91 Å². The molecule has 0 aromatic heterocycles. The quantitative estimate of drug-likeness (QED) is 0.871. The molecule has 2 saturated heterocycles. The lowest BCUT2D eigenvalue weighted by Gasteiger charge is -2.35. The van der Waals surface area contributed by atoms with Crippen molar-refractivity contribution in [2.24, 2.45) is 5.92 Å². The molecule has 3 atom stereocenters. The third-order valence-corrected chi connectivity index (χ3v) is 5.31. The van der Waals surface area contributed by atoms with E-state index in [4.69, 9.17) is 4.74 Å². The first-order valence-electron chi connectivity index (χ1n) is 8.65. The highest BCUT2D eigenvalue weighted by atomic mass is 16.5. The fourth-order valence-electron chi connectivity index (χ4n) is 4.00. The molecular formula is C19H24N2O2. The number of nitrogens with zero attached hydrogens (tertiary/aromatic N) is 1. The Hall–Kier alpha value is -1.65. The molecule has 4 heteroatoms. The smallest absolute Gasteiger partial charge is 0.223 e. The average molecular weight is 312 g/mol. The molecule has 1 N–H and O–H groups in total. The second-order valence-electron chi connectivity index (χ2n) is 6.92. The Morgan fingerprint density at radius 2 is 1.91 bits per heavy atom. The second kappa shape index (κ2) is 6.46. The Morgan fingerprint density at radius 1 is 1.13 bits per heavy atom. The molecule has 0 radical (unpaired) electrons. The van der Waals surface area contributed by atoms with Gasteiger partial charge in [0.05, 0.1) is 12.7 Å². The molecule has 1 aliphatic carbocycles. The van der Waals surface area contributed by atoms with Crippen molar-refractivity contribution in [3.63, 3.8) is 0 Å². The van der Waals surface area contributed by atoms with Crippen LogP contribution in [0.2, 0.25) is 0 Å². The summed E-state index contributed by atoms with van der Waals surface area (Å²) in [4.78, 5) is 14.8. The number of amides is 1. The maximum absolute atomic E-state index is 12.3. The van der Waals surface area contributed by atoms with Crippen molar-refractivity contribution < 1.29 is 9.53 Å². The van der Waals surface area contributed by atoms with E-state index in [-0.39, 0.29) is 24.0 Å². The monoisotopic (exact) mass is 312 g/mol. The zero-order valence-corrected chi connectivity index (χ0v) is 13.4. The van der Waals surface area contributed by atoms with Crippen LogP contribution in [0.4, 0.5) is 0 Å². The maximum atomic E-state index is 12.3. The van der Waals surface area contributed by atoms with Crippen molar-refractivity contribution in [2.45, 2.75) is 37.5 Å². The predicted octanol–water partition coefficient (Wildman–Crippen LogP) is 2.28. The van der Waals surface area contributed by atoms with Crippen molar-refractivity contribution in [1.82, 2.24) is 10.2 Å². The normalized spacial score (nSPS) is 31.2. The molecular weight excluding hydrogens is 288 g/mol. The summed E-state index contributed by atoms with van der Waals surface area (Å²) in [5.74, 6) is 0.376. The number of allylic oxidation sites excluding steroid dienone is 2. The van der Waals surface area contributed by atoms with Crippen molar-refractivity contribution >= 4 is 5.91 Å². The first kappa shape index (κ1) is 14.9. The number of carbonyl (C=O) groups is 1. The minimum atomic E-state index is 0.154. The number of fused-ring (bicyclic) bond motifs is 1. The number of ether oxygens (including phenoxy) is 1. The lowest BCUT2D eigenvalue weighted by Crippen LogP contribution is -2.43. The summed E-state index contributed by atoms with van der Waals surface area (Å²) in [6.45, 7) is 2.63. The fourth-order valence-corrected chi connectivity index (χ4v) is 4.00. The van der Waals surface area contributed by atoms with Gasteiger partial charge >= 0.3 is 0 Å². The summed E-state index contributed by atoms with van der Waals surface area (Å²) in [5.41, 5.74) is 1.25. The first-order chi connectivity index (χ1) is 11.3. The molecule has 1 aromatic carbocycles. The summed E-state index contributed by atoms with van der Waals surface area (Å²) in [5, 5.41) is 3.26. The molecule has 2 heterocycles. The van der Waals surface area contributed by atoms with Crippen LogP contribution in [0.15, 0.2) is 42.5 Å². The van der Waals surface area contributed by atoms with Crippen molar-refractivity contribution in [1.29, 1.82) is 0 Å². The number of benzene rings is 1. The molecule has 4 rings (SSSR count). The molecule has 0 bridgehead atoms. The molecule has 2 fully saturated rings. The standard InChI is InChI=1S/C19H24N2O2/c22-19(15-8-4-5-9-15)20-16-10-17-13-23-18(12-21(17)11-16)14-6-2-1-3-7-14/h1-7,15-18H,8-13H2,(H,20,22)/t16-,17-,18+/m0/s1. The van der Waals surface area contributed by atoms with Crippen LogP contribution in [-0.2, 0) is 9.53 Å². The fraction of sp³-hybridized carbons (Fsp3) is 0.526. The highest BCUT2D eigenvalue weighted by Gasteiger charge is 2.38. The lowest BCUT2D eigenvalue weighted by molar-refractivity contribution is -0.125. The molecule has 0 saturated carbocycles. The van der Waals surface area contributed by atoms with Gasteiger partial charge in [-0.05, 0) is 24.8 Å². The minimum Gasteiger partial charge on any atom is -0.371 e. The number of hydrogen-bond acceptors (Lipinski definition) is 3. The number of rotatable bonds is 3. The third-order valence-electron chi connectivity index (χ3n) is 5.31. The van der Waals surface area contributed by atoms with E-state index >= 15 is 0 Å².